The third-order valence-electron chi connectivity index (χ3n) is 3.60. The number of nitrogens with zero attached hydrogens (tertiary/aromatic N) is 1. The van der Waals surface area contributed by atoms with E-state index >= 15 is 0 Å². The molecular weight excluding hydrogens is 260 g/mol. The fraction of sp³-hybridized carbons (Fsp3) is 0.600. The number of methoxy groups -OCH3 is 1. The quantitative estimate of drug-likeness (QED) is 0.868. The molecule has 106 valence electrons. The van der Waals surface area contributed by atoms with Gasteiger partial charge in [0.1, 0.15) is 5.75 Å². The molecule has 0 radical (unpaired) electrons. The van der Waals surface area contributed by atoms with E-state index in [0.717, 1.165) is 18.8 Å². The van der Waals surface area contributed by atoms with Crippen molar-refractivity contribution in [2.24, 2.45) is 0 Å². The van der Waals surface area contributed by atoms with E-state index in [2.05, 4.69) is 23.2 Å². The van der Waals surface area contributed by atoms with Gasteiger partial charge >= 0.3 is 0 Å². The van der Waals surface area contributed by atoms with Gasteiger partial charge in [0.2, 0.25) is 0 Å². The van der Waals surface area contributed by atoms with Crippen LogP contribution in [0.3, 0.4) is 0 Å². The summed E-state index contributed by atoms with van der Waals surface area (Å²) in [5, 5.41) is 4.22. The first kappa shape index (κ1) is 14.6. The predicted octanol–water partition coefficient (Wildman–Crippen LogP) is 2.92. The average Bonchev–Trinajstić information content (AvgIpc) is 2.89. The Morgan fingerprint density at radius 1 is 1.37 bits per heavy atom. The van der Waals surface area contributed by atoms with Gasteiger partial charge in [-0.25, -0.2) is 0 Å². The molecule has 1 N–H and O–H groups in total. The summed E-state index contributed by atoms with van der Waals surface area (Å²) < 4.78 is 5.16. The molecule has 1 aromatic carbocycles. The summed E-state index contributed by atoms with van der Waals surface area (Å²) in [7, 11) is 1.64. The van der Waals surface area contributed by atoms with Crippen molar-refractivity contribution in [3.63, 3.8) is 0 Å². The van der Waals surface area contributed by atoms with Crippen molar-refractivity contribution < 1.29 is 4.74 Å². The van der Waals surface area contributed by atoms with Crippen molar-refractivity contribution in [2.75, 3.05) is 26.7 Å². The highest BCUT2D eigenvalue weighted by atomic mass is 35.5. The Morgan fingerprint density at radius 3 is 2.74 bits per heavy atom. The number of benzene rings is 1. The highest BCUT2D eigenvalue weighted by Crippen LogP contribution is 2.24. The van der Waals surface area contributed by atoms with Gasteiger partial charge in [0.05, 0.1) is 12.1 Å². The Kier molecular flexibility index (Phi) is 5.49. The van der Waals surface area contributed by atoms with Gasteiger partial charge in [-0.1, -0.05) is 17.7 Å². The number of nitrogens with one attached hydrogen (secondary N) is 1. The number of hydrogen-bond donors (Lipinski definition) is 1. The molecule has 1 aromatic rings. The molecule has 0 amide bonds. The zero-order chi connectivity index (χ0) is 13.7. The first-order valence-corrected chi connectivity index (χ1v) is 7.35. The second-order valence-electron chi connectivity index (χ2n) is 5.26. The first-order valence-electron chi connectivity index (χ1n) is 6.97. The van der Waals surface area contributed by atoms with Gasteiger partial charge in [-0.3, -0.25) is 0 Å². The maximum Gasteiger partial charge on any atom is 0.137 e. The lowest BCUT2D eigenvalue weighted by Crippen LogP contribution is -2.37. The number of rotatable bonds is 6. The number of halogens is 1. The fourth-order valence-corrected chi connectivity index (χ4v) is 2.81. The van der Waals surface area contributed by atoms with E-state index in [4.69, 9.17) is 16.3 Å². The van der Waals surface area contributed by atoms with Crippen LogP contribution in [0.25, 0.3) is 0 Å². The smallest absolute Gasteiger partial charge is 0.137 e. The number of ether oxygens (including phenoxy) is 1. The summed E-state index contributed by atoms with van der Waals surface area (Å²) in [4.78, 5) is 2.53. The summed E-state index contributed by atoms with van der Waals surface area (Å²) in [6, 6.07) is 6.44. The third kappa shape index (κ3) is 4.37. The maximum atomic E-state index is 6.12. The molecule has 3 nitrogen and oxygen atoms in total. The van der Waals surface area contributed by atoms with Gasteiger partial charge in [-0.2, -0.15) is 0 Å². The van der Waals surface area contributed by atoms with Crippen LogP contribution in [0.1, 0.15) is 25.3 Å². The van der Waals surface area contributed by atoms with Crippen LogP contribution in [0.5, 0.6) is 5.75 Å². The lowest BCUT2D eigenvalue weighted by Gasteiger charge is -2.21. The normalized spacial score (nSPS) is 17.6. The van der Waals surface area contributed by atoms with Gasteiger partial charge in [-0.05, 0) is 50.6 Å². The minimum atomic E-state index is 0.499. The molecule has 0 saturated carbocycles. The highest BCUT2D eigenvalue weighted by molar-refractivity contribution is 6.32. The zero-order valence-electron chi connectivity index (χ0n) is 11.8. The van der Waals surface area contributed by atoms with Gasteiger partial charge < -0.3 is 15.0 Å². The molecular formula is C15H23ClN2O. The van der Waals surface area contributed by atoms with Crippen LogP contribution >= 0.6 is 11.6 Å². The summed E-state index contributed by atoms with van der Waals surface area (Å²) in [6.45, 7) is 6.72. The molecule has 1 atom stereocenters. The van der Waals surface area contributed by atoms with Crippen LogP contribution in [-0.2, 0) is 6.54 Å². The van der Waals surface area contributed by atoms with Crippen LogP contribution in [0.15, 0.2) is 18.2 Å². The Bertz CT molecular complexity index is 405. The Hall–Kier alpha value is -0.770. The summed E-state index contributed by atoms with van der Waals surface area (Å²) in [5.41, 5.74) is 1.19. The first-order chi connectivity index (χ1) is 9.19. The molecule has 1 aliphatic rings. The standard InChI is InChI=1S/C15H23ClN2O/c1-12(11-18-7-3-4-8-18)17-10-13-5-6-15(19-2)14(16)9-13/h5-6,9,12,17H,3-4,7-8,10-11H2,1-2H3. The van der Waals surface area contributed by atoms with Crippen molar-refractivity contribution in [2.45, 2.75) is 32.4 Å². The van der Waals surface area contributed by atoms with E-state index in [1.165, 1.54) is 31.5 Å². The molecule has 1 heterocycles. The molecule has 1 unspecified atom stereocenters. The molecule has 1 aliphatic heterocycles. The molecule has 4 heteroatoms. The lowest BCUT2D eigenvalue weighted by atomic mass is 10.2. The lowest BCUT2D eigenvalue weighted by molar-refractivity contribution is 0.298. The Morgan fingerprint density at radius 2 is 2.11 bits per heavy atom. The van der Waals surface area contributed by atoms with E-state index in [9.17, 15) is 0 Å². The van der Waals surface area contributed by atoms with Crippen LogP contribution < -0.4 is 10.1 Å². The molecule has 0 aliphatic carbocycles. The van der Waals surface area contributed by atoms with E-state index in [-0.39, 0.29) is 0 Å². The van der Waals surface area contributed by atoms with Crippen LogP contribution in [0.4, 0.5) is 0 Å². The van der Waals surface area contributed by atoms with Gasteiger partial charge in [0, 0.05) is 19.1 Å². The molecule has 2 rings (SSSR count). The van der Waals surface area contributed by atoms with Crippen LogP contribution in [0, 0.1) is 0 Å². The van der Waals surface area contributed by atoms with Crippen molar-refractivity contribution >= 4 is 11.6 Å². The minimum absolute atomic E-state index is 0.499. The summed E-state index contributed by atoms with van der Waals surface area (Å²) in [5.74, 6) is 0.732. The summed E-state index contributed by atoms with van der Waals surface area (Å²) in [6.07, 6.45) is 2.70. The maximum absolute atomic E-state index is 6.12. The zero-order valence-corrected chi connectivity index (χ0v) is 12.5. The Labute approximate surface area is 120 Å². The second-order valence-corrected chi connectivity index (χ2v) is 5.67. The van der Waals surface area contributed by atoms with Crippen molar-refractivity contribution in [3.05, 3.63) is 28.8 Å². The molecule has 0 spiro atoms. The topological polar surface area (TPSA) is 24.5 Å². The van der Waals surface area contributed by atoms with Crippen LogP contribution in [-0.4, -0.2) is 37.7 Å². The van der Waals surface area contributed by atoms with Gasteiger partial charge in [-0.15, -0.1) is 0 Å². The molecule has 1 saturated heterocycles. The average molecular weight is 283 g/mol. The van der Waals surface area contributed by atoms with E-state index < -0.39 is 0 Å². The summed E-state index contributed by atoms with van der Waals surface area (Å²) >= 11 is 6.12. The predicted molar refractivity (Wildman–Crippen MR) is 80.0 cm³/mol. The minimum Gasteiger partial charge on any atom is -0.495 e. The SMILES string of the molecule is COc1ccc(CNC(C)CN2CCCC2)cc1Cl. The van der Waals surface area contributed by atoms with E-state index in [0.29, 0.717) is 11.1 Å². The van der Waals surface area contributed by atoms with E-state index in [1.807, 2.05) is 12.1 Å². The molecule has 0 aromatic heterocycles. The largest absolute Gasteiger partial charge is 0.495 e. The second kappa shape index (κ2) is 7.13. The molecule has 19 heavy (non-hydrogen) atoms. The van der Waals surface area contributed by atoms with Gasteiger partial charge in [0.25, 0.3) is 0 Å². The van der Waals surface area contributed by atoms with Crippen molar-refractivity contribution in [3.8, 4) is 5.75 Å². The third-order valence-corrected chi connectivity index (χ3v) is 3.90. The van der Waals surface area contributed by atoms with Gasteiger partial charge in [0.15, 0.2) is 0 Å². The Balaban J connectivity index is 1.79. The monoisotopic (exact) mass is 282 g/mol. The van der Waals surface area contributed by atoms with E-state index in [1.54, 1.807) is 7.11 Å². The fourth-order valence-electron chi connectivity index (χ4n) is 2.53. The molecule has 0 bridgehead atoms. The number of likely N-dealkylation sites (tertiary alicyclic amines) is 1. The highest BCUT2D eigenvalue weighted by Gasteiger charge is 2.14. The van der Waals surface area contributed by atoms with Crippen molar-refractivity contribution in [1.82, 2.24) is 10.2 Å². The van der Waals surface area contributed by atoms with Crippen molar-refractivity contribution in [1.29, 1.82) is 0 Å². The van der Waals surface area contributed by atoms with Crippen LogP contribution in [0.2, 0.25) is 5.02 Å². The molecule has 1 fully saturated rings. The number of hydrogen-bond acceptors (Lipinski definition) is 3.